The van der Waals surface area contributed by atoms with Crippen molar-refractivity contribution in [2.24, 2.45) is 5.73 Å². The van der Waals surface area contributed by atoms with E-state index in [-0.39, 0.29) is 36.1 Å². The number of amides is 1. The quantitative estimate of drug-likeness (QED) is 0.904. The zero-order chi connectivity index (χ0) is 17.3. The van der Waals surface area contributed by atoms with E-state index in [9.17, 15) is 9.18 Å². The van der Waals surface area contributed by atoms with E-state index in [2.05, 4.69) is 10.1 Å². The number of likely N-dealkylation sites (tertiary alicyclic amines) is 1. The number of hydrogen-bond acceptors (Lipinski definition) is 4. The molecule has 1 amide bonds. The molecule has 1 aromatic carbocycles. The second-order valence-corrected chi connectivity index (χ2v) is 6.47. The van der Waals surface area contributed by atoms with Crippen LogP contribution in [0.3, 0.4) is 0 Å². The minimum Gasteiger partial charge on any atom is -0.334 e. The highest BCUT2D eigenvalue weighted by atomic mass is 35.5. The monoisotopic (exact) mass is 367 g/mol. The van der Waals surface area contributed by atoms with Crippen molar-refractivity contribution in [1.82, 2.24) is 19.7 Å². The molecule has 2 N–H and O–H groups in total. The van der Waals surface area contributed by atoms with Crippen LogP contribution in [0.5, 0.6) is 0 Å². The predicted molar refractivity (Wildman–Crippen MR) is 95.8 cm³/mol. The molecule has 136 valence electrons. The first-order valence-electron chi connectivity index (χ1n) is 8.24. The molecule has 0 aliphatic carbocycles. The molecule has 25 heavy (non-hydrogen) atoms. The van der Waals surface area contributed by atoms with Crippen molar-refractivity contribution in [3.63, 3.8) is 0 Å². The molecule has 0 spiro atoms. The van der Waals surface area contributed by atoms with Crippen LogP contribution in [0, 0.1) is 5.82 Å². The smallest absolute Gasteiger partial charge is 0.293 e. The van der Waals surface area contributed by atoms with Gasteiger partial charge in [-0.25, -0.2) is 14.1 Å². The molecule has 1 aromatic heterocycles. The topological polar surface area (TPSA) is 77.0 Å². The van der Waals surface area contributed by atoms with Gasteiger partial charge in [-0.15, -0.1) is 17.5 Å². The molecule has 6 nitrogen and oxygen atoms in total. The number of piperidine rings is 1. The minimum absolute atomic E-state index is 0. The number of benzene rings is 1. The fraction of sp³-hybridized carbons (Fsp3) is 0.471. The molecule has 1 aliphatic rings. The molecule has 1 saturated heterocycles. The first kappa shape index (κ1) is 19.3. The third-order valence-electron chi connectivity index (χ3n) is 4.17. The normalized spacial score (nSPS) is 17.5. The number of nitrogens with two attached hydrogens (primary N) is 1. The Hall–Kier alpha value is -1.99. The zero-order valence-corrected chi connectivity index (χ0v) is 15.2. The summed E-state index contributed by atoms with van der Waals surface area (Å²) in [4.78, 5) is 18.7. The molecular weight excluding hydrogens is 345 g/mol. The fourth-order valence-corrected chi connectivity index (χ4v) is 2.93. The molecule has 2 aromatic rings. The Kier molecular flexibility index (Phi) is 6.13. The largest absolute Gasteiger partial charge is 0.334 e. The van der Waals surface area contributed by atoms with Crippen LogP contribution in [0.2, 0.25) is 0 Å². The second-order valence-electron chi connectivity index (χ2n) is 6.47. The number of halogens is 2. The molecule has 1 atom stereocenters. The van der Waals surface area contributed by atoms with E-state index in [1.807, 2.05) is 13.8 Å². The molecule has 1 fully saturated rings. The highest BCUT2D eigenvalue weighted by Crippen LogP contribution is 2.20. The maximum absolute atomic E-state index is 14.1. The lowest BCUT2D eigenvalue weighted by Crippen LogP contribution is -2.46. The Morgan fingerprint density at radius 2 is 2.08 bits per heavy atom. The summed E-state index contributed by atoms with van der Waals surface area (Å²) in [6, 6.07) is 6.33. The standard InChI is InChI=1S/C17H22FN5O.ClH/c1-11(2)16-20-15(17(24)22-9-5-6-12(19)10-22)21-23(16)14-8-4-3-7-13(14)18;/h3-4,7-8,11-12H,5-6,9-10,19H2,1-2H3;1H. The lowest BCUT2D eigenvalue weighted by atomic mass is 10.1. The third-order valence-corrected chi connectivity index (χ3v) is 4.17. The average Bonchev–Trinajstić information content (AvgIpc) is 3.00. The molecule has 3 rings (SSSR count). The molecule has 0 bridgehead atoms. The van der Waals surface area contributed by atoms with Crippen molar-refractivity contribution in [3.05, 3.63) is 41.7 Å². The summed E-state index contributed by atoms with van der Waals surface area (Å²) in [5.41, 5.74) is 6.24. The zero-order valence-electron chi connectivity index (χ0n) is 14.4. The summed E-state index contributed by atoms with van der Waals surface area (Å²) in [6.45, 7) is 5.03. The number of nitrogens with zero attached hydrogens (tertiary/aromatic N) is 4. The molecule has 2 heterocycles. The first-order valence-corrected chi connectivity index (χ1v) is 8.24. The molecule has 8 heteroatoms. The van der Waals surface area contributed by atoms with E-state index in [0.29, 0.717) is 24.6 Å². The summed E-state index contributed by atoms with van der Waals surface area (Å²) in [5, 5.41) is 4.30. The van der Waals surface area contributed by atoms with Gasteiger partial charge in [0.15, 0.2) is 0 Å². The maximum Gasteiger partial charge on any atom is 0.293 e. The predicted octanol–water partition coefficient (Wildman–Crippen LogP) is 2.51. The number of carbonyl (C=O) groups excluding carboxylic acids is 1. The summed E-state index contributed by atoms with van der Waals surface area (Å²) in [7, 11) is 0. The highest BCUT2D eigenvalue weighted by molar-refractivity contribution is 5.90. The lowest BCUT2D eigenvalue weighted by Gasteiger charge is -2.29. The van der Waals surface area contributed by atoms with Gasteiger partial charge in [0.05, 0.1) is 0 Å². The Morgan fingerprint density at radius 3 is 2.72 bits per heavy atom. The van der Waals surface area contributed by atoms with Crippen LogP contribution in [0.1, 0.15) is 49.1 Å². The van der Waals surface area contributed by atoms with Gasteiger partial charge in [0.2, 0.25) is 5.82 Å². The third kappa shape index (κ3) is 3.99. The Bertz CT molecular complexity index is 748. The number of para-hydroxylation sites is 1. The van der Waals surface area contributed by atoms with Crippen LogP contribution in [0.25, 0.3) is 5.69 Å². The molecule has 0 radical (unpaired) electrons. The van der Waals surface area contributed by atoms with Crippen molar-refractivity contribution in [2.75, 3.05) is 13.1 Å². The molecule has 0 saturated carbocycles. The summed E-state index contributed by atoms with van der Waals surface area (Å²) in [5.74, 6) is 0.00788. The van der Waals surface area contributed by atoms with Crippen LogP contribution < -0.4 is 5.73 Å². The highest BCUT2D eigenvalue weighted by Gasteiger charge is 2.27. The summed E-state index contributed by atoms with van der Waals surface area (Å²) < 4.78 is 15.6. The summed E-state index contributed by atoms with van der Waals surface area (Å²) >= 11 is 0. The van der Waals surface area contributed by atoms with Gasteiger partial charge in [0.25, 0.3) is 5.91 Å². The number of rotatable bonds is 3. The lowest BCUT2D eigenvalue weighted by molar-refractivity contribution is 0.0696. The van der Waals surface area contributed by atoms with E-state index < -0.39 is 5.82 Å². The van der Waals surface area contributed by atoms with Crippen LogP contribution in [0.4, 0.5) is 4.39 Å². The number of carbonyl (C=O) groups is 1. The number of hydrogen-bond donors (Lipinski definition) is 1. The van der Waals surface area contributed by atoms with Gasteiger partial charge in [0, 0.05) is 25.0 Å². The van der Waals surface area contributed by atoms with Crippen LogP contribution in [-0.4, -0.2) is 44.7 Å². The van der Waals surface area contributed by atoms with Crippen molar-refractivity contribution in [3.8, 4) is 5.69 Å². The van der Waals surface area contributed by atoms with Gasteiger partial charge in [0.1, 0.15) is 17.3 Å². The van der Waals surface area contributed by atoms with Gasteiger partial charge in [-0.05, 0) is 25.0 Å². The van der Waals surface area contributed by atoms with Crippen LogP contribution in [-0.2, 0) is 0 Å². The van der Waals surface area contributed by atoms with Crippen LogP contribution >= 0.6 is 12.4 Å². The van der Waals surface area contributed by atoms with Crippen molar-refractivity contribution >= 4 is 18.3 Å². The minimum atomic E-state index is -0.400. The Labute approximate surface area is 152 Å². The van der Waals surface area contributed by atoms with Crippen molar-refractivity contribution < 1.29 is 9.18 Å². The van der Waals surface area contributed by atoms with E-state index in [4.69, 9.17) is 5.73 Å². The van der Waals surface area contributed by atoms with Crippen LogP contribution in [0.15, 0.2) is 24.3 Å². The second kappa shape index (κ2) is 7.93. The van der Waals surface area contributed by atoms with Crippen molar-refractivity contribution in [1.29, 1.82) is 0 Å². The molecule has 1 aliphatic heterocycles. The maximum atomic E-state index is 14.1. The summed E-state index contributed by atoms with van der Waals surface area (Å²) in [6.07, 6.45) is 1.79. The van der Waals surface area contributed by atoms with Crippen molar-refractivity contribution in [2.45, 2.75) is 38.6 Å². The molecule has 1 unspecified atom stereocenters. The fourth-order valence-electron chi connectivity index (χ4n) is 2.93. The number of aromatic nitrogens is 3. The van der Waals surface area contributed by atoms with Gasteiger partial charge in [-0.2, -0.15) is 0 Å². The van der Waals surface area contributed by atoms with Gasteiger partial charge < -0.3 is 10.6 Å². The SMILES string of the molecule is CC(C)c1nc(C(=O)N2CCCC(N)C2)nn1-c1ccccc1F.Cl. The Morgan fingerprint density at radius 1 is 1.36 bits per heavy atom. The molecular formula is C17H23ClFN5O. The van der Waals surface area contributed by atoms with Gasteiger partial charge >= 0.3 is 0 Å². The Balaban J connectivity index is 0.00000225. The van der Waals surface area contributed by atoms with E-state index >= 15 is 0 Å². The average molecular weight is 368 g/mol. The van der Waals surface area contributed by atoms with E-state index in [1.165, 1.54) is 10.7 Å². The van der Waals surface area contributed by atoms with Gasteiger partial charge in [-0.1, -0.05) is 26.0 Å². The van der Waals surface area contributed by atoms with E-state index in [1.54, 1.807) is 23.1 Å². The van der Waals surface area contributed by atoms with E-state index in [0.717, 1.165) is 12.8 Å². The van der Waals surface area contributed by atoms with Gasteiger partial charge in [-0.3, -0.25) is 4.79 Å². The first-order chi connectivity index (χ1) is 11.5.